The number of rotatable bonds is 7. The van der Waals surface area contributed by atoms with Crippen LogP contribution in [0.3, 0.4) is 0 Å². The van der Waals surface area contributed by atoms with Crippen LogP contribution in [0.15, 0.2) is 47.0 Å². The van der Waals surface area contributed by atoms with Gasteiger partial charge in [0, 0.05) is 34.8 Å². The number of carbonyl (C=O) groups is 2. The van der Waals surface area contributed by atoms with Crippen molar-refractivity contribution in [2.45, 2.75) is 83.1 Å². The minimum atomic E-state index is -0.424. The Morgan fingerprint density at radius 3 is 2.46 bits per heavy atom. The molecule has 3 aromatic rings. The van der Waals surface area contributed by atoms with Crippen molar-refractivity contribution in [1.82, 2.24) is 10.1 Å². The van der Waals surface area contributed by atoms with Gasteiger partial charge in [-0.1, -0.05) is 35.5 Å². The monoisotopic (exact) mass is 529 g/mol. The normalized spacial score (nSPS) is 22.1. The molecule has 0 radical (unpaired) electrons. The zero-order chi connectivity index (χ0) is 27.1. The number of piperidine rings is 1. The quantitative estimate of drug-likeness (QED) is 0.358. The van der Waals surface area contributed by atoms with Gasteiger partial charge in [0.25, 0.3) is 0 Å². The summed E-state index contributed by atoms with van der Waals surface area (Å²) in [6.45, 7) is 4.48. The van der Waals surface area contributed by atoms with Crippen molar-refractivity contribution in [2.24, 2.45) is 0 Å². The van der Waals surface area contributed by atoms with E-state index >= 15 is 0 Å². The van der Waals surface area contributed by atoms with E-state index in [0.717, 1.165) is 66.7 Å². The molecule has 1 saturated carbocycles. The van der Waals surface area contributed by atoms with Gasteiger partial charge in [0.1, 0.15) is 11.5 Å². The Morgan fingerprint density at radius 2 is 1.77 bits per heavy atom. The molecule has 2 aromatic carbocycles. The molecule has 2 saturated heterocycles. The second-order valence-electron chi connectivity index (χ2n) is 11.1. The second kappa shape index (κ2) is 10.5. The van der Waals surface area contributed by atoms with Crippen LogP contribution >= 0.6 is 0 Å². The van der Waals surface area contributed by atoms with E-state index in [-0.39, 0.29) is 24.2 Å². The maximum absolute atomic E-state index is 13.4. The lowest BCUT2D eigenvalue weighted by Gasteiger charge is -2.38. The summed E-state index contributed by atoms with van der Waals surface area (Å²) < 4.78 is 17.2. The Morgan fingerprint density at radius 1 is 1.03 bits per heavy atom. The van der Waals surface area contributed by atoms with Crippen LogP contribution in [0.5, 0.6) is 0 Å². The lowest BCUT2D eigenvalue weighted by Crippen LogP contribution is -2.50. The van der Waals surface area contributed by atoms with Crippen molar-refractivity contribution in [3.05, 3.63) is 70.5 Å². The highest BCUT2D eigenvalue weighted by atomic mass is 16.5. The zero-order valence-corrected chi connectivity index (χ0v) is 22.7. The molecular weight excluding hydrogens is 494 g/mol. The van der Waals surface area contributed by atoms with Gasteiger partial charge in [0.2, 0.25) is 0 Å². The lowest BCUT2D eigenvalue weighted by atomic mass is 9.99. The number of amides is 2. The van der Waals surface area contributed by atoms with E-state index in [0.29, 0.717) is 23.8 Å². The second-order valence-corrected chi connectivity index (χ2v) is 11.1. The third kappa shape index (κ3) is 5.05. The first-order valence-electron chi connectivity index (χ1n) is 13.9. The number of benzene rings is 2. The van der Waals surface area contributed by atoms with Crippen molar-refractivity contribution in [1.29, 1.82) is 0 Å². The Bertz CT molecular complexity index is 1380. The fourth-order valence-corrected chi connectivity index (χ4v) is 6.16. The van der Waals surface area contributed by atoms with Crippen LogP contribution in [0.1, 0.15) is 77.3 Å². The molecule has 39 heavy (non-hydrogen) atoms. The molecule has 3 aliphatic rings. The number of carbonyl (C=O) groups excluding carboxylic acids is 2. The number of anilines is 1. The molecule has 2 aliphatic heterocycles. The van der Waals surface area contributed by atoms with Crippen LogP contribution in [-0.4, -0.2) is 47.4 Å². The van der Waals surface area contributed by atoms with E-state index in [4.69, 9.17) is 14.0 Å². The average Bonchev–Trinajstić information content (AvgIpc) is 3.64. The summed E-state index contributed by atoms with van der Waals surface area (Å²) in [5.74, 6) is 0.987. The van der Waals surface area contributed by atoms with Crippen LogP contribution in [-0.2, 0) is 16.1 Å². The van der Waals surface area contributed by atoms with Crippen molar-refractivity contribution < 1.29 is 23.6 Å². The molecule has 3 heterocycles. The average molecular weight is 530 g/mol. The lowest BCUT2D eigenvalue weighted by molar-refractivity contribution is -0.0158. The van der Waals surface area contributed by atoms with E-state index in [1.165, 1.54) is 12.7 Å². The van der Waals surface area contributed by atoms with Gasteiger partial charge in [-0.25, -0.2) is 9.59 Å². The fraction of sp³-hybridized carbons (Fsp3) is 0.452. The molecule has 2 amide bonds. The molecule has 8 nitrogen and oxygen atoms in total. The molecule has 3 fully saturated rings. The van der Waals surface area contributed by atoms with E-state index < -0.39 is 5.97 Å². The molecule has 1 aliphatic carbocycles. The van der Waals surface area contributed by atoms with Crippen molar-refractivity contribution in [3.63, 3.8) is 0 Å². The number of esters is 1. The van der Waals surface area contributed by atoms with Gasteiger partial charge in [-0.2, -0.15) is 0 Å². The van der Waals surface area contributed by atoms with Crippen LogP contribution in [0, 0.1) is 13.8 Å². The summed E-state index contributed by atoms with van der Waals surface area (Å²) in [6.07, 6.45) is 5.87. The highest BCUT2D eigenvalue weighted by molar-refractivity contribution is 5.95. The number of urea groups is 1. The van der Waals surface area contributed by atoms with Crippen LogP contribution in [0.25, 0.3) is 11.3 Å². The summed E-state index contributed by atoms with van der Waals surface area (Å²) in [6, 6.07) is 13.6. The predicted molar refractivity (Wildman–Crippen MR) is 147 cm³/mol. The van der Waals surface area contributed by atoms with Gasteiger partial charge in [0.05, 0.1) is 25.4 Å². The maximum Gasteiger partial charge on any atom is 0.337 e. The highest BCUT2D eigenvalue weighted by Crippen LogP contribution is 2.45. The molecule has 1 aromatic heterocycles. The molecule has 6 rings (SSSR count). The van der Waals surface area contributed by atoms with Gasteiger partial charge in [0.15, 0.2) is 0 Å². The van der Waals surface area contributed by atoms with Crippen LogP contribution in [0.4, 0.5) is 10.5 Å². The molecule has 2 bridgehead atoms. The maximum atomic E-state index is 13.4. The Hall–Kier alpha value is -3.65. The molecule has 2 atom stereocenters. The minimum absolute atomic E-state index is 0.0719. The first-order valence-corrected chi connectivity index (χ1v) is 13.9. The number of hydrogen-bond acceptors (Lipinski definition) is 6. The predicted octanol–water partition coefficient (Wildman–Crippen LogP) is 6.37. The van der Waals surface area contributed by atoms with Gasteiger partial charge < -0.3 is 24.2 Å². The van der Waals surface area contributed by atoms with Crippen molar-refractivity contribution >= 4 is 17.7 Å². The van der Waals surface area contributed by atoms with E-state index in [9.17, 15) is 9.59 Å². The zero-order valence-electron chi connectivity index (χ0n) is 22.7. The number of hydrogen-bond donors (Lipinski definition) is 1. The third-order valence-corrected chi connectivity index (χ3v) is 8.45. The molecule has 2 unspecified atom stereocenters. The van der Waals surface area contributed by atoms with Gasteiger partial charge in [-0.15, -0.1) is 0 Å². The standard InChI is InChI=1S/C31H35N3O5/c1-18-6-4-5-7-25(18)28-26(29(39-33-28)20-10-11-20)17-38-24-15-22-12-13-23(16-24)34(22)31(36)32-27-14-21(30(35)37-3)9-8-19(27)2/h4-9,14,20,22-24H,10-13,15-17H2,1-3H3,(H,32,36). The van der Waals surface area contributed by atoms with Crippen molar-refractivity contribution in [3.8, 4) is 11.3 Å². The SMILES string of the molecule is COC(=O)c1ccc(C)c(NC(=O)N2C3CCC2CC(OCc2c(-c4ccccc4C)noc2C2CC2)C3)c1. The van der Waals surface area contributed by atoms with Gasteiger partial charge in [-0.05, 0) is 75.6 Å². The minimum Gasteiger partial charge on any atom is -0.465 e. The van der Waals surface area contributed by atoms with E-state index in [1.807, 2.05) is 30.0 Å². The van der Waals surface area contributed by atoms with Gasteiger partial charge in [-0.3, -0.25) is 0 Å². The summed E-state index contributed by atoms with van der Waals surface area (Å²) in [5, 5.41) is 7.52. The Balaban J connectivity index is 1.13. The third-order valence-electron chi connectivity index (χ3n) is 8.45. The molecule has 0 spiro atoms. The number of nitrogens with zero attached hydrogens (tertiary/aromatic N) is 2. The smallest absolute Gasteiger partial charge is 0.337 e. The molecule has 1 N–H and O–H groups in total. The van der Waals surface area contributed by atoms with Crippen LogP contribution < -0.4 is 5.32 Å². The van der Waals surface area contributed by atoms with Crippen LogP contribution in [0.2, 0.25) is 0 Å². The number of ether oxygens (including phenoxy) is 2. The number of methoxy groups -OCH3 is 1. The van der Waals surface area contributed by atoms with Crippen molar-refractivity contribution in [2.75, 3.05) is 12.4 Å². The highest BCUT2D eigenvalue weighted by Gasteiger charge is 2.44. The molecule has 204 valence electrons. The fourth-order valence-electron chi connectivity index (χ4n) is 6.16. The van der Waals surface area contributed by atoms with E-state index in [1.54, 1.807) is 12.1 Å². The summed E-state index contributed by atoms with van der Waals surface area (Å²) in [5.41, 5.74) is 6.15. The topological polar surface area (TPSA) is 93.9 Å². The first kappa shape index (κ1) is 25.6. The molecule has 8 heteroatoms. The van der Waals surface area contributed by atoms with E-state index in [2.05, 4.69) is 29.5 Å². The number of nitrogens with one attached hydrogen (secondary N) is 1. The number of aryl methyl sites for hydroxylation is 2. The largest absolute Gasteiger partial charge is 0.465 e. The Labute approximate surface area is 228 Å². The first-order chi connectivity index (χ1) is 18.9. The summed E-state index contributed by atoms with van der Waals surface area (Å²) in [4.78, 5) is 27.3. The Kier molecular flexibility index (Phi) is 6.89. The summed E-state index contributed by atoms with van der Waals surface area (Å²) >= 11 is 0. The van der Waals surface area contributed by atoms with Gasteiger partial charge >= 0.3 is 12.0 Å². The number of aromatic nitrogens is 1. The summed E-state index contributed by atoms with van der Waals surface area (Å²) in [7, 11) is 1.35. The number of fused-ring (bicyclic) bond motifs is 2. The molecular formula is C31H35N3O5.